The molecule has 0 atom stereocenters. The minimum atomic E-state index is -1.21. The van der Waals surface area contributed by atoms with Crippen LogP contribution in [-0.2, 0) is 14.4 Å². The van der Waals surface area contributed by atoms with Crippen LogP contribution in [0.25, 0.3) is 0 Å². The maximum absolute atomic E-state index is 11.5. The highest BCUT2D eigenvalue weighted by Gasteiger charge is 2.02. The van der Waals surface area contributed by atoms with Crippen LogP contribution in [0.3, 0.4) is 0 Å². The predicted molar refractivity (Wildman–Crippen MR) is 108 cm³/mol. The molecule has 0 radical (unpaired) electrons. The van der Waals surface area contributed by atoms with E-state index in [2.05, 4.69) is 17.8 Å². The summed E-state index contributed by atoms with van der Waals surface area (Å²) in [6.07, 6.45) is 19.6. The van der Waals surface area contributed by atoms with Gasteiger partial charge < -0.3 is 5.11 Å². The van der Waals surface area contributed by atoms with Crippen molar-refractivity contribution < 1.29 is 19.5 Å². The van der Waals surface area contributed by atoms with Crippen molar-refractivity contribution in [1.29, 1.82) is 0 Å². The maximum Gasteiger partial charge on any atom is 0.328 e. The Morgan fingerprint density at radius 1 is 0.667 bits per heavy atom. The second-order valence-electron chi connectivity index (χ2n) is 7.06. The van der Waals surface area contributed by atoms with Gasteiger partial charge in [-0.3, -0.25) is 20.4 Å². The molecule has 0 aliphatic rings. The van der Waals surface area contributed by atoms with Gasteiger partial charge in [0.1, 0.15) is 0 Å². The number of rotatable bonds is 17. The van der Waals surface area contributed by atoms with E-state index in [0.717, 1.165) is 31.4 Å². The highest BCUT2D eigenvalue weighted by atomic mass is 16.4. The molecule has 0 bridgehead atoms. The molecule has 27 heavy (non-hydrogen) atoms. The number of aliphatic carboxylic acids is 1. The summed E-state index contributed by atoms with van der Waals surface area (Å²) in [5.74, 6) is -2.13. The van der Waals surface area contributed by atoms with E-state index in [1.807, 2.05) is 0 Å². The van der Waals surface area contributed by atoms with E-state index in [-0.39, 0.29) is 5.91 Å². The van der Waals surface area contributed by atoms with Crippen molar-refractivity contribution in [3.05, 3.63) is 12.2 Å². The number of amides is 2. The zero-order chi connectivity index (χ0) is 20.2. The molecule has 0 aromatic rings. The largest absolute Gasteiger partial charge is 0.478 e. The molecule has 0 saturated carbocycles. The highest BCUT2D eigenvalue weighted by molar-refractivity contribution is 5.94. The molecular weight excluding hydrogens is 344 g/mol. The van der Waals surface area contributed by atoms with Gasteiger partial charge in [0.05, 0.1) is 0 Å². The molecule has 0 fully saturated rings. The van der Waals surface area contributed by atoms with Gasteiger partial charge in [0, 0.05) is 18.6 Å². The topological polar surface area (TPSA) is 95.5 Å². The van der Waals surface area contributed by atoms with Crippen LogP contribution in [0.5, 0.6) is 0 Å². The lowest BCUT2D eigenvalue weighted by Crippen LogP contribution is -2.40. The Kier molecular flexibility index (Phi) is 17.6. The number of unbranched alkanes of at least 4 members (excludes halogenated alkanes) is 13. The SMILES string of the molecule is CCCCCCCCCCCCCCCCC(=O)NNC(=O)/C=C\C(=O)O. The van der Waals surface area contributed by atoms with Crippen LogP contribution in [0.4, 0.5) is 0 Å². The summed E-state index contributed by atoms with van der Waals surface area (Å²) in [5.41, 5.74) is 4.42. The van der Waals surface area contributed by atoms with Crippen LogP contribution in [0.2, 0.25) is 0 Å². The van der Waals surface area contributed by atoms with Crippen molar-refractivity contribution in [2.24, 2.45) is 0 Å². The second kappa shape index (κ2) is 18.9. The third-order valence-electron chi connectivity index (χ3n) is 4.46. The third-order valence-corrected chi connectivity index (χ3v) is 4.46. The Balaban J connectivity index is 3.31. The Labute approximate surface area is 164 Å². The fraction of sp³-hybridized carbons (Fsp3) is 0.762. The van der Waals surface area contributed by atoms with Gasteiger partial charge in [0.2, 0.25) is 5.91 Å². The fourth-order valence-corrected chi connectivity index (χ4v) is 2.86. The van der Waals surface area contributed by atoms with Crippen molar-refractivity contribution in [3.8, 4) is 0 Å². The van der Waals surface area contributed by atoms with Gasteiger partial charge >= 0.3 is 5.97 Å². The number of hydrogen-bond acceptors (Lipinski definition) is 3. The van der Waals surface area contributed by atoms with Gasteiger partial charge in [-0.1, -0.05) is 90.4 Å². The molecule has 0 spiro atoms. The summed E-state index contributed by atoms with van der Waals surface area (Å²) < 4.78 is 0. The third kappa shape index (κ3) is 20.3. The molecule has 0 heterocycles. The first kappa shape index (κ1) is 25.1. The molecule has 0 aliphatic carbocycles. The van der Waals surface area contributed by atoms with Crippen molar-refractivity contribution in [2.45, 2.75) is 103 Å². The molecule has 6 nitrogen and oxygen atoms in total. The van der Waals surface area contributed by atoms with E-state index in [0.29, 0.717) is 6.42 Å². The smallest absolute Gasteiger partial charge is 0.328 e. The van der Waals surface area contributed by atoms with E-state index in [9.17, 15) is 14.4 Å². The molecule has 0 aromatic carbocycles. The number of hydrazine groups is 1. The first-order chi connectivity index (χ1) is 13.1. The molecule has 0 aromatic heterocycles. The molecule has 0 rings (SSSR count). The van der Waals surface area contributed by atoms with E-state index >= 15 is 0 Å². The van der Waals surface area contributed by atoms with Crippen LogP contribution in [0.15, 0.2) is 12.2 Å². The number of hydrogen-bond donors (Lipinski definition) is 3. The minimum absolute atomic E-state index is 0.258. The summed E-state index contributed by atoms with van der Waals surface area (Å²) in [7, 11) is 0. The number of carbonyl (C=O) groups is 3. The number of carbonyl (C=O) groups excluding carboxylic acids is 2. The van der Waals surface area contributed by atoms with Crippen LogP contribution < -0.4 is 10.9 Å². The molecular formula is C21H38N2O4. The minimum Gasteiger partial charge on any atom is -0.478 e. The van der Waals surface area contributed by atoms with Crippen LogP contribution in [0.1, 0.15) is 103 Å². The van der Waals surface area contributed by atoms with E-state index < -0.39 is 11.9 Å². The standard InChI is InChI=1S/C21H38N2O4/c1-2-3-4-5-6-7-8-9-10-11-12-13-14-15-16-19(24)22-23-20(25)17-18-21(26)27/h17-18H,2-16H2,1H3,(H,22,24)(H,23,25)(H,26,27)/b18-17-. The molecule has 2 amide bonds. The summed E-state index contributed by atoms with van der Waals surface area (Å²) in [6, 6.07) is 0. The molecule has 0 unspecified atom stereocenters. The van der Waals surface area contributed by atoms with Gasteiger partial charge in [-0.25, -0.2) is 4.79 Å². The molecule has 0 aliphatic heterocycles. The lowest BCUT2D eigenvalue weighted by atomic mass is 10.0. The lowest BCUT2D eigenvalue weighted by Gasteiger charge is -2.05. The van der Waals surface area contributed by atoms with Gasteiger partial charge in [-0.05, 0) is 6.42 Å². The van der Waals surface area contributed by atoms with Gasteiger partial charge in [0.25, 0.3) is 5.91 Å². The first-order valence-corrected chi connectivity index (χ1v) is 10.6. The Bertz CT molecular complexity index is 436. The lowest BCUT2D eigenvalue weighted by molar-refractivity contribution is -0.131. The van der Waals surface area contributed by atoms with E-state index in [1.165, 1.54) is 70.6 Å². The number of carboxylic acid groups (broad SMARTS) is 1. The molecule has 156 valence electrons. The van der Waals surface area contributed by atoms with Crippen LogP contribution >= 0.6 is 0 Å². The summed E-state index contributed by atoms with van der Waals surface area (Å²) in [6.45, 7) is 2.25. The number of nitrogens with one attached hydrogen (secondary N) is 2. The Morgan fingerprint density at radius 2 is 1.11 bits per heavy atom. The zero-order valence-corrected chi connectivity index (χ0v) is 16.9. The van der Waals surface area contributed by atoms with Crippen molar-refractivity contribution >= 4 is 17.8 Å². The van der Waals surface area contributed by atoms with Gasteiger partial charge in [-0.2, -0.15) is 0 Å². The highest BCUT2D eigenvalue weighted by Crippen LogP contribution is 2.13. The van der Waals surface area contributed by atoms with Crippen molar-refractivity contribution in [1.82, 2.24) is 10.9 Å². The maximum atomic E-state index is 11.5. The normalized spacial score (nSPS) is 10.9. The first-order valence-electron chi connectivity index (χ1n) is 10.6. The van der Waals surface area contributed by atoms with Crippen molar-refractivity contribution in [2.75, 3.05) is 0 Å². The fourth-order valence-electron chi connectivity index (χ4n) is 2.86. The summed E-state index contributed by atoms with van der Waals surface area (Å²) >= 11 is 0. The predicted octanol–water partition coefficient (Wildman–Crippen LogP) is 4.65. The summed E-state index contributed by atoms with van der Waals surface area (Å²) in [5, 5.41) is 8.38. The van der Waals surface area contributed by atoms with Crippen molar-refractivity contribution in [3.63, 3.8) is 0 Å². The Morgan fingerprint density at radius 3 is 1.56 bits per heavy atom. The van der Waals surface area contributed by atoms with Gasteiger partial charge in [-0.15, -0.1) is 0 Å². The average Bonchev–Trinajstić information content (AvgIpc) is 2.64. The van der Waals surface area contributed by atoms with E-state index in [4.69, 9.17) is 5.11 Å². The molecule has 6 heteroatoms. The Hall–Kier alpha value is -1.85. The molecule has 3 N–H and O–H groups in total. The summed E-state index contributed by atoms with van der Waals surface area (Å²) in [4.78, 5) is 33.0. The monoisotopic (exact) mass is 382 g/mol. The average molecular weight is 383 g/mol. The quantitative estimate of drug-likeness (QED) is 0.194. The molecule has 0 saturated heterocycles. The van der Waals surface area contributed by atoms with Crippen LogP contribution in [0, 0.1) is 0 Å². The van der Waals surface area contributed by atoms with Gasteiger partial charge in [0.15, 0.2) is 0 Å². The zero-order valence-electron chi connectivity index (χ0n) is 16.9. The number of carboxylic acids is 1. The van der Waals surface area contributed by atoms with Crippen LogP contribution in [-0.4, -0.2) is 22.9 Å². The van der Waals surface area contributed by atoms with E-state index in [1.54, 1.807) is 0 Å². The second-order valence-corrected chi connectivity index (χ2v) is 7.06.